The van der Waals surface area contributed by atoms with E-state index in [0.717, 1.165) is 29.3 Å². The first-order valence-electron chi connectivity index (χ1n) is 4.96. The second-order valence-corrected chi connectivity index (χ2v) is 5.98. The van der Waals surface area contributed by atoms with Crippen LogP contribution in [0.1, 0.15) is 12.8 Å². The van der Waals surface area contributed by atoms with Gasteiger partial charge in [-0.3, -0.25) is 0 Å². The van der Waals surface area contributed by atoms with E-state index in [-0.39, 0.29) is 0 Å². The van der Waals surface area contributed by atoms with Crippen LogP contribution in [-0.2, 0) is 0 Å². The van der Waals surface area contributed by atoms with Crippen LogP contribution in [0.4, 0.5) is 0 Å². The minimum Gasteiger partial charge on any atom is -0.330 e. The maximum absolute atomic E-state index is 5.49. The molecule has 1 aliphatic carbocycles. The van der Waals surface area contributed by atoms with Crippen molar-refractivity contribution >= 4 is 23.5 Å². The highest BCUT2D eigenvalue weighted by Crippen LogP contribution is 2.39. The zero-order valence-corrected chi connectivity index (χ0v) is 9.92. The molecule has 3 N–H and O–H groups in total. The molecule has 0 amide bonds. The first-order chi connectivity index (χ1) is 6.38. The molecule has 0 aromatic rings. The lowest BCUT2D eigenvalue weighted by atomic mass is 9.99. The number of hydrogen-bond acceptors (Lipinski definition) is 4. The van der Waals surface area contributed by atoms with E-state index in [1.54, 1.807) is 0 Å². The van der Waals surface area contributed by atoms with E-state index in [1.165, 1.54) is 18.6 Å². The van der Waals surface area contributed by atoms with Crippen LogP contribution in [0.3, 0.4) is 0 Å². The predicted octanol–water partition coefficient (Wildman–Crippen LogP) is 1.16. The van der Waals surface area contributed by atoms with Crippen molar-refractivity contribution in [1.82, 2.24) is 5.32 Å². The molecule has 0 spiro atoms. The number of rotatable bonds is 7. The van der Waals surface area contributed by atoms with E-state index < -0.39 is 0 Å². The predicted molar refractivity (Wildman–Crippen MR) is 64.7 cm³/mol. The first kappa shape index (κ1) is 11.7. The van der Waals surface area contributed by atoms with Crippen molar-refractivity contribution in [1.29, 1.82) is 0 Å². The second-order valence-electron chi connectivity index (χ2n) is 3.29. The lowest BCUT2D eigenvalue weighted by molar-refractivity contribution is 0.539. The van der Waals surface area contributed by atoms with Gasteiger partial charge >= 0.3 is 0 Å². The van der Waals surface area contributed by atoms with Crippen molar-refractivity contribution in [2.45, 2.75) is 23.3 Å². The van der Waals surface area contributed by atoms with Gasteiger partial charge in [-0.15, -0.1) is 0 Å². The summed E-state index contributed by atoms with van der Waals surface area (Å²) in [5.41, 5.74) is 5.49. The number of thioether (sulfide) groups is 2. The smallest absolute Gasteiger partial charge is 0.0167 e. The summed E-state index contributed by atoms with van der Waals surface area (Å²) in [6, 6.07) is 0. The molecule has 1 fully saturated rings. The Bertz CT molecular complexity index is 133. The second kappa shape index (κ2) is 6.98. The maximum Gasteiger partial charge on any atom is 0.0167 e. The van der Waals surface area contributed by atoms with Crippen LogP contribution >= 0.6 is 23.5 Å². The van der Waals surface area contributed by atoms with E-state index in [1.807, 2.05) is 7.05 Å². The van der Waals surface area contributed by atoms with Crippen molar-refractivity contribution < 1.29 is 0 Å². The Morgan fingerprint density at radius 3 is 2.31 bits per heavy atom. The summed E-state index contributed by atoms with van der Waals surface area (Å²) in [4.78, 5) is 0. The molecule has 4 heteroatoms. The molecule has 0 radical (unpaired) electrons. The molecule has 2 unspecified atom stereocenters. The Balaban J connectivity index is 1.99. The van der Waals surface area contributed by atoms with Gasteiger partial charge in [-0.25, -0.2) is 0 Å². The van der Waals surface area contributed by atoms with Crippen LogP contribution in [0.25, 0.3) is 0 Å². The van der Waals surface area contributed by atoms with E-state index >= 15 is 0 Å². The Morgan fingerprint density at radius 2 is 1.85 bits per heavy atom. The molecule has 2 nitrogen and oxygen atoms in total. The van der Waals surface area contributed by atoms with Gasteiger partial charge in [0.25, 0.3) is 0 Å². The van der Waals surface area contributed by atoms with E-state index in [4.69, 9.17) is 5.73 Å². The van der Waals surface area contributed by atoms with Gasteiger partial charge in [0.05, 0.1) is 0 Å². The lowest BCUT2D eigenvalue weighted by Gasteiger charge is -2.35. The molecule has 1 rings (SSSR count). The fraction of sp³-hybridized carbons (Fsp3) is 1.00. The van der Waals surface area contributed by atoms with Gasteiger partial charge in [0.1, 0.15) is 0 Å². The largest absolute Gasteiger partial charge is 0.330 e. The van der Waals surface area contributed by atoms with E-state index in [2.05, 4.69) is 28.8 Å². The van der Waals surface area contributed by atoms with Crippen molar-refractivity contribution in [3.05, 3.63) is 0 Å². The van der Waals surface area contributed by atoms with Crippen molar-refractivity contribution in [2.75, 3.05) is 31.6 Å². The third-order valence-corrected chi connectivity index (χ3v) is 5.35. The van der Waals surface area contributed by atoms with Crippen LogP contribution in [0.15, 0.2) is 0 Å². The maximum atomic E-state index is 5.49. The third-order valence-electron chi connectivity index (χ3n) is 2.28. The minimum atomic E-state index is 0.828. The number of nitrogens with one attached hydrogen (secondary N) is 1. The summed E-state index contributed by atoms with van der Waals surface area (Å²) in [5.74, 6) is 2.38. The molecular weight excluding hydrogens is 200 g/mol. The van der Waals surface area contributed by atoms with Gasteiger partial charge in [-0.05, 0) is 19.9 Å². The van der Waals surface area contributed by atoms with Crippen LogP contribution in [0, 0.1) is 0 Å². The Labute approximate surface area is 89.8 Å². The van der Waals surface area contributed by atoms with Gasteiger partial charge in [-0.1, -0.05) is 0 Å². The standard InChI is InChI=1S/C9H20N2S2/c1-11-5-7-13-9-3-2-8(9)12-6-4-10/h8-9,11H,2-7,10H2,1H3. The molecule has 1 saturated carbocycles. The zero-order valence-electron chi connectivity index (χ0n) is 8.29. The summed E-state index contributed by atoms with van der Waals surface area (Å²) in [7, 11) is 2.02. The first-order valence-corrected chi connectivity index (χ1v) is 7.06. The molecule has 0 saturated heterocycles. The topological polar surface area (TPSA) is 38.0 Å². The number of nitrogens with two attached hydrogens (primary N) is 1. The summed E-state index contributed by atoms with van der Waals surface area (Å²) in [6.45, 7) is 1.96. The highest BCUT2D eigenvalue weighted by molar-refractivity contribution is 8.04. The average Bonchev–Trinajstić information content (AvgIpc) is 2.11. The van der Waals surface area contributed by atoms with Gasteiger partial charge in [-0.2, -0.15) is 23.5 Å². The molecule has 78 valence electrons. The highest BCUT2D eigenvalue weighted by Gasteiger charge is 2.30. The Hall–Kier alpha value is 0.620. The summed E-state index contributed by atoms with van der Waals surface area (Å²) >= 11 is 4.19. The fourth-order valence-corrected chi connectivity index (χ4v) is 4.19. The van der Waals surface area contributed by atoms with Crippen LogP contribution in [-0.4, -0.2) is 42.1 Å². The van der Waals surface area contributed by atoms with Crippen molar-refractivity contribution in [3.8, 4) is 0 Å². The van der Waals surface area contributed by atoms with Crippen molar-refractivity contribution in [3.63, 3.8) is 0 Å². The van der Waals surface area contributed by atoms with Gasteiger partial charge in [0.15, 0.2) is 0 Å². The van der Waals surface area contributed by atoms with Crippen molar-refractivity contribution in [2.24, 2.45) is 5.73 Å². The zero-order chi connectivity index (χ0) is 9.52. The molecule has 0 aliphatic heterocycles. The van der Waals surface area contributed by atoms with Gasteiger partial charge in [0, 0.05) is 35.1 Å². The molecule has 0 heterocycles. The normalized spacial score (nSPS) is 27.2. The van der Waals surface area contributed by atoms with E-state index in [0.29, 0.717) is 0 Å². The average molecular weight is 220 g/mol. The third kappa shape index (κ3) is 4.11. The summed E-state index contributed by atoms with van der Waals surface area (Å²) in [6.07, 6.45) is 2.82. The number of hydrogen-bond donors (Lipinski definition) is 2. The molecule has 0 aromatic carbocycles. The lowest BCUT2D eigenvalue weighted by Crippen LogP contribution is -2.33. The summed E-state index contributed by atoms with van der Waals surface area (Å²) in [5, 5.41) is 4.98. The van der Waals surface area contributed by atoms with Crippen LogP contribution in [0.5, 0.6) is 0 Å². The molecule has 1 aliphatic rings. The molecule has 2 atom stereocenters. The van der Waals surface area contributed by atoms with E-state index in [9.17, 15) is 0 Å². The quantitative estimate of drug-likeness (QED) is 0.632. The van der Waals surface area contributed by atoms with Crippen LogP contribution in [0.2, 0.25) is 0 Å². The van der Waals surface area contributed by atoms with Crippen LogP contribution < -0.4 is 11.1 Å². The monoisotopic (exact) mass is 220 g/mol. The minimum absolute atomic E-state index is 0.828. The van der Waals surface area contributed by atoms with Gasteiger partial charge < -0.3 is 11.1 Å². The Morgan fingerprint density at radius 1 is 1.23 bits per heavy atom. The molecule has 13 heavy (non-hydrogen) atoms. The highest BCUT2D eigenvalue weighted by atomic mass is 32.2. The molecular formula is C9H20N2S2. The molecule has 0 aromatic heterocycles. The summed E-state index contributed by atoms with van der Waals surface area (Å²) < 4.78 is 0. The SMILES string of the molecule is CNCCSC1CCC1SCCN. The Kier molecular flexibility index (Phi) is 6.28. The van der Waals surface area contributed by atoms with Gasteiger partial charge in [0.2, 0.25) is 0 Å². The fourth-order valence-electron chi connectivity index (χ4n) is 1.35. The molecule has 0 bridgehead atoms.